The fraction of sp³-hybridized carbons (Fsp3) is 0.409. The first-order valence-corrected chi connectivity index (χ1v) is 9.11. The molecular formula is C22H26O2. The fourth-order valence-electron chi connectivity index (χ4n) is 3.60. The molecule has 3 rings (SSSR count). The molecule has 1 aliphatic carbocycles. The van der Waals surface area contributed by atoms with Crippen LogP contribution in [-0.2, 0) is 4.74 Å². The number of hydrogen-bond acceptors (Lipinski definition) is 2. The lowest BCUT2D eigenvalue weighted by molar-refractivity contribution is 0.0978. The Hall–Kier alpha value is -1.93. The van der Waals surface area contributed by atoms with E-state index in [2.05, 4.69) is 44.2 Å². The largest absolute Gasteiger partial charge is 0.380 e. The van der Waals surface area contributed by atoms with Gasteiger partial charge in [-0.15, -0.1) is 0 Å². The average molecular weight is 322 g/mol. The van der Waals surface area contributed by atoms with Gasteiger partial charge in [0.05, 0.1) is 6.61 Å². The van der Waals surface area contributed by atoms with Crippen LogP contribution >= 0.6 is 0 Å². The van der Waals surface area contributed by atoms with Gasteiger partial charge in [0.1, 0.15) is 0 Å². The van der Waals surface area contributed by atoms with Gasteiger partial charge in [0.15, 0.2) is 5.78 Å². The summed E-state index contributed by atoms with van der Waals surface area (Å²) in [5.41, 5.74) is 5.81. The van der Waals surface area contributed by atoms with E-state index in [9.17, 15) is 4.79 Å². The van der Waals surface area contributed by atoms with E-state index in [0.717, 1.165) is 31.4 Å². The molecule has 0 radical (unpaired) electrons. The molecule has 0 heterocycles. The van der Waals surface area contributed by atoms with Gasteiger partial charge in [0.25, 0.3) is 0 Å². The lowest BCUT2D eigenvalue weighted by atomic mass is 9.90. The summed E-state index contributed by atoms with van der Waals surface area (Å²) in [5, 5.41) is 0. The highest BCUT2D eigenvalue weighted by Crippen LogP contribution is 2.46. The van der Waals surface area contributed by atoms with Crippen LogP contribution in [0.15, 0.2) is 42.5 Å². The Bertz CT molecular complexity index is 718. The minimum absolute atomic E-state index is 0.171. The highest BCUT2D eigenvalue weighted by molar-refractivity contribution is 6.01. The summed E-state index contributed by atoms with van der Waals surface area (Å²) < 4.78 is 5.96. The lowest BCUT2D eigenvalue weighted by Crippen LogP contribution is -2.12. The first-order valence-electron chi connectivity index (χ1n) is 9.11. The maximum Gasteiger partial charge on any atom is 0.163 e. The molecule has 2 aromatic rings. The summed E-state index contributed by atoms with van der Waals surface area (Å²) in [4.78, 5) is 12.6. The van der Waals surface area contributed by atoms with Crippen molar-refractivity contribution >= 4 is 5.78 Å². The molecule has 0 aliphatic heterocycles. The van der Waals surface area contributed by atoms with Gasteiger partial charge in [0, 0.05) is 24.5 Å². The standard InChI is InChI=1S/C22H26O2/c1-3-5-14-24-15-20-17-11-7-6-10-16(17)18-12-8-13-19(22(18)20)21(23)9-4-2/h6-8,10-13,20H,3-5,9,14-15H2,1-2H3. The van der Waals surface area contributed by atoms with E-state index < -0.39 is 0 Å². The zero-order valence-corrected chi connectivity index (χ0v) is 14.7. The van der Waals surface area contributed by atoms with Crippen molar-refractivity contribution in [2.75, 3.05) is 13.2 Å². The van der Waals surface area contributed by atoms with Crippen molar-refractivity contribution in [2.24, 2.45) is 0 Å². The van der Waals surface area contributed by atoms with E-state index in [1.807, 2.05) is 12.1 Å². The number of carbonyl (C=O) groups excluding carboxylic acids is 1. The molecule has 2 aromatic carbocycles. The third-order valence-corrected chi connectivity index (χ3v) is 4.79. The topological polar surface area (TPSA) is 26.3 Å². The maximum atomic E-state index is 12.6. The Morgan fingerprint density at radius 1 is 1.00 bits per heavy atom. The number of rotatable bonds is 8. The number of ether oxygens (including phenoxy) is 1. The predicted molar refractivity (Wildman–Crippen MR) is 98.7 cm³/mol. The number of ketones is 1. The second kappa shape index (κ2) is 7.76. The average Bonchev–Trinajstić information content (AvgIpc) is 2.93. The van der Waals surface area contributed by atoms with Crippen molar-refractivity contribution < 1.29 is 9.53 Å². The van der Waals surface area contributed by atoms with Crippen molar-refractivity contribution in [3.63, 3.8) is 0 Å². The molecule has 0 aromatic heterocycles. The monoisotopic (exact) mass is 322 g/mol. The third-order valence-electron chi connectivity index (χ3n) is 4.79. The highest BCUT2D eigenvalue weighted by atomic mass is 16.5. The lowest BCUT2D eigenvalue weighted by Gasteiger charge is -2.17. The molecular weight excluding hydrogens is 296 g/mol. The number of unbranched alkanes of at least 4 members (excludes halogenated alkanes) is 1. The van der Waals surface area contributed by atoms with E-state index >= 15 is 0 Å². The molecule has 0 amide bonds. The fourth-order valence-corrected chi connectivity index (χ4v) is 3.60. The minimum Gasteiger partial charge on any atom is -0.380 e. The van der Waals surface area contributed by atoms with Crippen molar-refractivity contribution in [1.29, 1.82) is 0 Å². The smallest absolute Gasteiger partial charge is 0.163 e. The number of hydrogen-bond donors (Lipinski definition) is 0. The van der Waals surface area contributed by atoms with Gasteiger partial charge in [-0.25, -0.2) is 0 Å². The van der Waals surface area contributed by atoms with Crippen molar-refractivity contribution in [3.8, 4) is 11.1 Å². The zero-order valence-electron chi connectivity index (χ0n) is 14.7. The second-order valence-electron chi connectivity index (χ2n) is 6.51. The molecule has 0 N–H and O–H groups in total. The van der Waals surface area contributed by atoms with E-state index in [0.29, 0.717) is 13.0 Å². The first-order chi connectivity index (χ1) is 11.8. The predicted octanol–water partition coefficient (Wildman–Crippen LogP) is 5.60. The Balaban J connectivity index is 1.99. The SMILES string of the molecule is CCCCOCC1c2ccccc2-c2cccc(C(=O)CCC)c21. The molecule has 0 spiro atoms. The summed E-state index contributed by atoms with van der Waals surface area (Å²) >= 11 is 0. The van der Waals surface area contributed by atoms with Crippen LogP contribution in [0.1, 0.15) is 66.9 Å². The second-order valence-corrected chi connectivity index (χ2v) is 6.51. The third kappa shape index (κ3) is 3.16. The summed E-state index contributed by atoms with van der Waals surface area (Å²) in [6.07, 6.45) is 3.71. The van der Waals surface area contributed by atoms with Gasteiger partial charge < -0.3 is 4.74 Å². The van der Waals surface area contributed by atoms with Crippen LogP contribution in [0.4, 0.5) is 0 Å². The van der Waals surface area contributed by atoms with Gasteiger partial charge in [-0.2, -0.15) is 0 Å². The van der Waals surface area contributed by atoms with Crippen LogP contribution in [0.5, 0.6) is 0 Å². The van der Waals surface area contributed by atoms with Crippen LogP contribution in [0.2, 0.25) is 0 Å². The van der Waals surface area contributed by atoms with E-state index in [-0.39, 0.29) is 11.7 Å². The molecule has 0 fully saturated rings. The summed E-state index contributed by atoms with van der Waals surface area (Å²) in [6.45, 7) is 5.67. The summed E-state index contributed by atoms with van der Waals surface area (Å²) in [7, 11) is 0. The van der Waals surface area contributed by atoms with Crippen molar-refractivity contribution in [3.05, 3.63) is 59.2 Å². The molecule has 126 valence electrons. The molecule has 0 bridgehead atoms. The van der Waals surface area contributed by atoms with Crippen LogP contribution in [0, 0.1) is 0 Å². The summed E-state index contributed by atoms with van der Waals surface area (Å²) in [5.74, 6) is 0.422. The van der Waals surface area contributed by atoms with Crippen LogP contribution in [0.25, 0.3) is 11.1 Å². The molecule has 0 saturated carbocycles. The quantitative estimate of drug-likeness (QED) is 0.467. The van der Waals surface area contributed by atoms with E-state index in [4.69, 9.17) is 4.74 Å². The highest BCUT2D eigenvalue weighted by Gasteiger charge is 2.32. The van der Waals surface area contributed by atoms with Gasteiger partial charge in [-0.05, 0) is 35.1 Å². The number of carbonyl (C=O) groups is 1. The molecule has 2 heteroatoms. The van der Waals surface area contributed by atoms with E-state index in [1.54, 1.807) is 0 Å². The van der Waals surface area contributed by atoms with Gasteiger partial charge >= 0.3 is 0 Å². The molecule has 1 atom stereocenters. The van der Waals surface area contributed by atoms with Crippen LogP contribution in [0.3, 0.4) is 0 Å². The number of benzene rings is 2. The minimum atomic E-state index is 0.171. The normalized spacial score (nSPS) is 15.2. The summed E-state index contributed by atoms with van der Waals surface area (Å²) in [6, 6.07) is 14.6. The number of Topliss-reactive ketones (excluding diaryl/α,β-unsaturated/α-hetero) is 1. The Kier molecular flexibility index (Phi) is 5.47. The molecule has 24 heavy (non-hydrogen) atoms. The van der Waals surface area contributed by atoms with Crippen LogP contribution in [-0.4, -0.2) is 19.0 Å². The zero-order chi connectivity index (χ0) is 16.9. The van der Waals surface area contributed by atoms with Crippen LogP contribution < -0.4 is 0 Å². The van der Waals surface area contributed by atoms with Crippen molar-refractivity contribution in [1.82, 2.24) is 0 Å². The Morgan fingerprint density at radius 3 is 2.58 bits per heavy atom. The Labute approximate surface area is 144 Å². The molecule has 1 unspecified atom stereocenters. The molecule has 1 aliphatic rings. The van der Waals surface area contributed by atoms with Gasteiger partial charge in [-0.1, -0.05) is 62.7 Å². The van der Waals surface area contributed by atoms with Gasteiger partial charge in [0.2, 0.25) is 0 Å². The first kappa shape index (κ1) is 16.9. The van der Waals surface area contributed by atoms with Gasteiger partial charge in [-0.3, -0.25) is 4.79 Å². The Morgan fingerprint density at radius 2 is 1.79 bits per heavy atom. The van der Waals surface area contributed by atoms with Crippen molar-refractivity contribution in [2.45, 2.75) is 45.4 Å². The molecule has 2 nitrogen and oxygen atoms in total. The van der Waals surface area contributed by atoms with E-state index in [1.165, 1.54) is 22.3 Å². The number of fused-ring (bicyclic) bond motifs is 3. The maximum absolute atomic E-state index is 12.6. The molecule has 0 saturated heterocycles.